The van der Waals surface area contributed by atoms with Gasteiger partial charge in [-0.3, -0.25) is 14.4 Å². The molecule has 2 N–H and O–H groups in total. The van der Waals surface area contributed by atoms with Crippen molar-refractivity contribution in [3.05, 3.63) is 54.1 Å². The van der Waals surface area contributed by atoms with Crippen molar-refractivity contribution in [2.45, 2.75) is 83.7 Å². The summed E-state index contributed by atoms with van der Waals surface area (Å²) in [7, 11) is -3.28. The van der Waals surface area contributed by atoms with E-state index in [1.807, 2.05) is 12.1 Å². The standard InChI is InChI=1S/C31H45N3O3S/c1-3-4-13-30(26-10-6-5-7-11-26)31(35)32-28-18-20-34(21-19-28)23-24-9-8-12-27(22-24)25-14-16-29(17-15-25)33-38(2,36)37/h8-9,12,14-17,22,26,28,30,33H,3-7,10-11,13,18-21,23H2,1-2H3,(H,32,35). The highest BCUT2D eigenvalue weighted by Gasteiger charge is 2.31. The molecule has 4 rings (SSSR count). The minimum absolute atomic E-state index is 0.201. The van der Waals surface area contributed by atoms with E-state index in [4.69, 9.17) is 0 Å². The maximum atomic E-state index is 13.3. The van der Waals surface area contributed by atoms with Crippen molar-refractivity contribution in [2.75, 3.05) is 24.1 Å². The number of carbonyl (C=O) groups excluding carboxylic acids is 1. The first-order valence-corrected chi connectivity index (χ1v) is 16.4. The van der Waals surface area contributed by atoms with E-state index < -0.39 is 10.0 Å². The summed E-state index contributed by atoms with van der Waals surface area (Å²) < 4.78 is 25.4. The average Bonchev–Trinajstić information content (AvgIpc) is 2.90. The summed E-state index contributed by atoms with van der Waals surface area (Å²) in [6.45, 7) is 5.09. The number of amides is 1. The Hall–Kier alpha value is -2.38. The molecule has 1 amide bonds. The molecule has 1 saturated carbocycles. The fourth-order valence-corrected chi connectivity index (χ4v) is 6.70. The molecule has 6 nitrogen and oxygen atoms in total. The zero-order valence-electron chi connectivity index (χ0n) is 23.1. The Balaban J connectivity index is 1.28. The SMILES string of the molecule is CCCCC(C(=O)NC1CCN(Cc2cccc(-c3ccc(NS(C)(=O)=O)cc3)c2)CC1)C1CCCCC1. The van der Waals surface area contributed by atoms with E-state index in [1.54, 1.807) is 12.1 Å². The van der Waals surface area contributed by atoms with Gasteiger partial charge in [0.15, 0.2) is 0 Å². The Morgan fingerprint density at radius 3 is 2.34 bits per heavy atom. The Kier molecular flexibility index (Phi) is 10.3. The predicted molar refractivity (Wildman–Crippen MR) is 156 cm³/mol. The maximum absolute atomic E-state index is 13.3. The van der Waals surface area contributed by atoms with Crippen molar-refractivity contribution in [1.29, 1.82) is 0 Å². The number of nitrogens with one attached hydrogen (secondary N) is 2. The van der Waals surface area contributed by atoms with Crippen LogP contribution in [0.3, 0.4) is 0 Å². The number of likely N-dealkylation sites (tertiary alicyclic amines) is 1. The number of unbranched alkanes of at least 4 members (excludes halogenated alkanes) is 1. The van der Waals surface area contributed by atoms with Crippen LogP contribution >= 0.6 is 0 Å². The number of hydrogen-bond acceptors (Lipinski definition) is 4. The van der Waals surface area contributed by atoms with Gasteiger partial charge in [-0.2, -0.15) is 0 Å². The Labute approximate surface area is 229 Å². The molecule has 2 aromatic rings. The molecule has 2 aromatic carbocycles. The molecule has 1 atom stereocenters. The van der Waals surface area contributed by atoms with Gasteiger partial charge in [-0.05, 0) is 72.9 Å². The molecule has 0 spiro atoms. The number of carbonyl (C=O) groups is 1. The predicted octanol–water partition coefficient (Wildman–Crippen LogP) is 6.19. The minimum atomic E-state index is -3.28. The second-order valence-electron chi connectivity index (χ2n) is 11.4. The van der Waals surface area contributed by atoms with E-state index in [0.717, 1.165) is 69.1 Å². The van der Waals surface area contributed by atoms with Crippen LogP contribution in [0.5, 0.6) is 0 Å². The molecule has 2 fully saturated rings. The topological polar surface area (TPSA) is 78.5 Å². The second kappa shape index (κ2) is 13.6. The van der Waals surface area contributed by atoms with E-state index in [0.29, 0.717) is 17.5 Å². The number of rotatable bonds is 11. The molecule has 0 aromatic heterocycles. The fourth-order valence-electron chi connectivity index (χ4n) is 6.14. The zero-order valence-corrected chi connectivity index (χ0v) is 23.9. The summed E-state index contributed by atoms with van der Waals surface area (Å²) in [6, 6.07) is 16.3. The molecule has 1 heterocycles. The van der Waals surface area contributed by atoms with E-state index in [9.17, 15) is 13.2 Å². The first-order chi connectivity index (χ1) is 18.3. The lowest BCUT2D eigenvalue weighted by molar-refractivity contribution is -0.128. The average molecular weight is 540 g/mol. The lowest BCUT2D eigenvalue weighted by Gasteiger charge is -2.35. The van der Waals surface area contributed by atoms with Crippen LogP contribution in [-0.4, -0.2) is 44.6 Å². The number of piperidine rings is 1. The van der Waals surface area contributed by atoms with Crippen molar-refractivity contribution in [3.63, 3.8) is 0 Å². The summed E-state index contributed by atoms with van der Waals surface area (Å²) in [6.07, 6.45) is 12.9. The van der Waals surface area contributed by atoms with Crippen LogP contribution in [0.4, 0.5) is 5.69 Å². The third-order valence-corrected chi connectivity index (χ3v) is 8.82. The van der Waals surface area contributed by atoms with Gasteiger partial charge >= 0.3 is 0 Å². The molecule has 0 radical (unpaired) electrons. The number of hydrogen-bond donors (Lipinski definition) is 2. The van der Waals surface area contributed by atoms with E-state index in [-0.39, 0.29) is 12.0 Å². The van der Waals surface area contributed by atoms with Crippen molar-refractivity contribution in [3.8, 4) is 11.1 Å². The van der Waals surface area contributed by atoms with Crippen LogP contribution in [0, 0.1) is 11.8 Å². The van der Waals surface area contributed by atoms with Crippen molar-refractivity contribution >= 4 is 21.6 Å². The molecular weight excluding hydrogens is 494 g/mol. The Morgan fingerprint density at radius 1 is 0.974 bits per heavy atom. The molecule has 2 aliphatic rings. The lowest BCUT2D eigenvalue weighted by atomic mass is 9.77. The summed E-state index contributed by atoms with van der Waals surface area (Å²) in [5.41, 5.74) is 4.01. The number of nitrogens with zero attached hydrogens (tertiary/aromatic N) is 1. The van der Waals surface area contributed by atoms with Crippen LogP contribution in [0.15, 0.2) is 48.5 Å². The summed E-state index contributed by atoms with van der Waals surface area (Å²) in [4.78, 5) is 15.8. The Bertz CT molecular complexity index is 1140. The van der Waals surface area contributed by atoms with Crippen LogP contribution in [0.1, 0.15) is 76.7 Å². The van der Waals surface area contributed by atoms with Crippen LogP contribution < -0.4 is 10.0 Å². The van der Waals surface area contributed by atoms with Gasteiger partial charge < -0.3 is 5.32 Å². The number of sulfonamides is 1. The van der Waals surface area contributed by atoms with Crippen molar-refractivity contribution in [1.82, 2.24) is 10.2 Å². The quantitative estimate of drug-likeness (QED) is 0.357. The number of benzene rings is 2. The van der Waals surface area contributed by atoms with Gasteiger partial charge in [0, 0.05) is 37.3 Å². The van der Waals surface area contributed by atoms with Crippen molar-refractivity contribution < 1.29 is 13.2 Å². The van der Waals surface area contributed by atoms with Gasteiger partial charge in [0.25, 0.3) is 0 Å². The molecule has 1 aliphatic carbocycles. The van der Waals surface area contributed by atoms with Gasteiger partial charge in [-0.15, -0.1) is 0 Å². The monoisotopic (exact) mass is 539 g/mol. The summed E-state index contributed by atoms with van der Waals surface area (Å²) >= 11 is 0. The molecular formula is C31H45N3O3S. The van der Waals surface area contributed by atoms with Crippen molar-refractivity contribution in [2.24, 2.45) is 11.8 Å². The van der Waals surface area contributed by atoms with Crippen LogP contribution in [-0.2, 0) is 21.4 Å². The molecule has 1 aliphatic heterocycles. The third-order valence-electron chi connectivity index (χ3n) is 8.21. The molecule has 38 heavy (non-hydrogen) atoms. The molecule has 208 valence electrons. The van der Waals surface area contributed by atoms with Gasteiger partial charge in [-0.1, -0.05) is 69.4 Å². The third kappa shape index (κ3) is 8.57. The van der Waals surface area contributed by atoms with Crippen LogP contribution in [0.2, 0.25) is 0 Å². The molecule has 0 bridgehead atoms. The number of anilines is 1. The Morgan fingerprint density at radius 2 is 1.68 bits per heavy atom. The van der Waals surface area contributed by atoms with E-state index in [1.165, 1.54) is 37.7 Å². The highest BCUT2D eigenvalue weighted by molar-refractivity contribution is 7.92. The van der Waals surface area contributed by atoms with Gasteiger partial charge in [-0.25, -0.2) is 8.42 Å². The van der Waals surface area contributed by atoms with Crippen LogP contribution in [0.25, 0.3) is 11.1 Å². The molecule has 7 heteroatoms. The highest BCUT2D eigenvalue weighted by atomic mass is 32.2. The summed E-state index contributed by atoms with van der Waals surface area (Å²) in [5, 5.41) is 3.45. The van der Waals surface area contributed by atoms with Gasteiger partial charge in [0.05, 0.1) is 6.26 Å². The highest BCUT2D eigenvalue weighted by Crippen LogP contribution is 2.33. The van der Waals surface area contributed by atoms with Gasteiger partial charge in [0.1, 0.15) is 0 Å². The van der Waals surface area contributed by atoms with E-state index in [2.05, 4.69) is 46.1 Å². The summed E-state index contributed by atoms with van der Waals surface area (Å²) in [5.74, 6) is 1.09. The first-order valence-electron chi connectivity index (χ1n) is 14.5. The normalized spacial score (nSPS) is 18.7. The largest absolute Gasteiger partial charge is 0.353 e. The first kappa shape index (κ1) is 28.6. The molecule has 1 saturated heterocycles. The zero-order chi connectivity index (χ0) is 27.0. The fraction of sp³-hybridized carbons (Fsp3) is 0.581. The lowest BCUT2D eigenvalue weighted by Crippen LogP contribution is -2.47. The molecule has 1 unspecified atom stereocenters. The minimum Gasteiger partial charge on any atom is -0.353 e. The van der Waals surface area contributed by atoms with Gasteiger partial charge in [0.2, 0.25) is 15.9 Å². The van der Waals surface area contributed by atoms with E-state index >= 15 is 0 Å². The second-order valence-corrected chi connectivity index (χ2v) is 13.1. The maximum Gasteiger partial charge on any atom is 0.229 e. The smallest absolute Gasteiger partial charge is 0.229 e.